The van der Waals surface area contributed by atoms with Crippen LogP contribution in [0.25, 0.3) is 66.8 Å². The maximum atomic E-state index is 8.14. The number of hydrogen-bond donors (Lipinski definition) is 0. The van der Waals surface area contributed by atoms with Crippen LogP contribution in [0, 0.1) is 0 Å². The Balaban J connectivity index is 0.945. The summed E-state index contributed by atoms with van der Waals surface area (Å²) in [4.78, 5) is 15.8. The molecule has 15 heteroatoms. The molecule has 0 saturated heterocycles. The van der Waals surface area contributed by atoms with Gasteiger partial charge in [0.05, 0.1) is 0 Å². The second-order valence-corrected chi connectivity index (χ2v) is 26.7. The normalized spacial score (nSPS) is 15.9. The van der Waals surface area contributed by atoms with E-state index in [0.717, 1.165) is 28.3 Å². The quantitative estimate of drug-likeness (QED) is 0.159. The van der Waals surface area contributed by atoms with Gasteiger partial charge >= 0.3 is 31.6 Å². The zero-order valence-corrected chi connectivity index (χ0v) is 46.1. The van der Waals surface area contributed by atoms with E-state index < -0.39 is 7.12 Å². The standard InChI is InChI=1S/C66H35B5N4O2S4/c1-5-19-36(20-6-1)72-42-29-15-13-27-40(42)50-60-56-54-46(78-67(60)72)31-17-33-48(54)80-69-62(56)58-52-44(74(69)38-23-9-3-10-24-38)35-45-53-59-63-57-55-47(32-18-34-49(55)81-70(63)75(45)39-25-11-4-12-26-39)79-68-61(57)51(66(59)77-71(64(52)53)76-65(50)58)41-28-14-16-30-43(41)73(68)37-21-7-2-8-22-37/h1-35H. The summed E-state index contributed by atoms with van der Waals surface area (Å²) in [5.41, 5.74) is 30.8. The number of anilines is 8. The third-order valence-corrected chi connectivity index (χ3v) is 23.5. The Hall–Kier alpha value is -8.06. The molecule has 10 aliphatic heterocycles. The number of hydrogen-bond acceptors (Lipinski definition) is 10. The van der Waals surface area contributed by atoms with Crippen molar-refractivity contribution < 1.29 is 9.31 Å². The highest BCUT2D eigenvalue weighted by Gasteiger charge is 2.61. The van der Waals surface area contributed by atoms with Crippen molar-refractivity contribution in [3.05, 3.63) is 212 Å². The monoisotopic (exact) mass is 1100 g/mol. The third kappa shape index (κ3) is 5.29. The molecule has 0 N–H and O–H groups in total. The van der Waals surface area contributed by atoms with Crippen LogP contribution in [-0.2, 0) is 0 Å². The van der Waals surface area contributed by atoms with E-state index in [-0.39, 0.29) is 24.5 Å². The number of nitrogens with zero attached hydrogens (tertiary/aromatic N) is 4. The molecule has 6 nitrogen and oxygen atoms in total. The van der Waals surface area contributed by atoms with Crippen LogP contribution in [0.3, 0.4) is 0 Å². The molecular weight excluding hydrogens is 1060 g/mol. The number of benzene rings is 11. The molecule has 370 valence electrons. The Labute approximate surface area is 486 Å². The molecule has 0 aliphatic carbocycles. The third-order valence-electron chi connectivity index (χ3n) is 18.5. The topological polar surface area (TPSA) is 31.4 Å². The van der Waals surface area contributed by atoms with Crippen LogP contribution in [-0.4, -0.2) is 31.6 Å². The van der Waals surface area contributed by atoms with Gasteiger partial charge in [-0.2, -0.15) is 0 Å². The van der Waals surface area contributed by atoms with E-state index in [1.54, 1.807) is 0 Å². The van der Waals surface area contributed by atoms with Crippen molar-refractivity contribution in [3.8, 4) is 78.3 Å². The zero-order chi connectivity index (χ0) is 52.1. The minimum absolute atomic E-state index is 0.0716. The summed E-state index contributed by atoms with van der Waals surface area (Å²) in [6.45, 7) is 0. The van der Waals surface area contributed by atoms with Gasteiger partial charge in [-0.05, 0) is 124 Å². The van der Waals surface area contributed by atoms with Gasteiger partial charge in [0.15, 0.2) is 0 Å². The van der Waals surface area contributed by atoms with Gasteiger partial charge in [0.1, 0.15) is 11.5 Å². The summed E-state index contributed by atoms with van der Waals surface area (Å²) in [6.07, 6.45) is -0.368. The van der Waals surface area contributed by atoms with Crippen molar-refractivity contribution in [3.63, 3.8) is 0 Å². The molecule has 0 aromatic heterocycles. The Kier molecular flexibility index (Phi) is 8.35. The van der Waals surface area contributed by atoms with Crippen LogP contribution in [0.5, 0.6) is 11.5 Å². The van der Waals surface area contributed by atoms with E-state index in [4.69, 9.17) is 9.31 Å². The minimum atomic E-state index is -0.777. The fourth-order valence-corrected chi connectivity index (χ4v) is 21.4. The highest BCUT2D eigenvalue weighted by Crippen LogP contribution is 2.65. The first-order valence-electron chi connectivity index (χ1n) is 27.8. The molecule has 0 bridgehead atoms. The zero-order valence-electron chi connectivity index (χ0n) is 42.8. The van der Waals surface area contributed by atoms with E-state index in [1.165, 1.54) is 142 Å². The Morgan fingerprint density at radius 3 is 0.951 bits per heavy atom. The van der Waals surface area contributed by atoms with Crippen LogP contribution < -0.4 is 55.9 Å². The molecule has 0 unspecified atom stereocenters. The maximum Gasteiger partial charge on any atom is 0.634 e. The average molecular weight is 1100 g/mol. The lowest BCUT2D eigenvalue weighted by Gasteiger charge is -2.53. The molecule has 11 aromatic carbocycles. The highest BCUT2D eigenvalue weighted by molar-refractivity contribution is 8.29. The maximum absolute atomic E-state index is 8.14. The average Bonchev–Trinajstić information content (AvgIpc) is 2.87. The molecule has 10 heterocycles. The van der Waals surface area contributed by atoms with Gasteiger partial charge in [-0.15, -0.1) is 46.5 Å². The molecule has 0 radical (unpaired) electrons. The van der Waals surface area contributed by atoms with Crippen LogP contribution in [0.1, 0.15) is 0 Å². The summed E-state index contributed by atoms with van der Waals surface area (Å²) in [5, 5.41) is 0. The summed E-state index contributed by atoms with van der Waals surface area (Å²) >= 11 is 7.92. The number of fused-ring (bicyclic) bond motifs is 6. The highest BCUT2D eigenvalue weighted by atomic mass is 32.2. The van der Waals surface area contributed by atoms with E-state index in [0.29, 0.717) is 0 Å². The smallest absolute Gasteiger partial charge is 0.521 e. The van der Waals surface area contributed by atoms with Crippen molar-refractivity contribution in [1.29, 1.82) is 0 Å². The van der Waals surface area contributed by atoms with Gasteiger partial charge in [-0.3, -0.25) is 0 Å². The number of para-hydroxylation sites is 6. The molecule has 21 rings (SSSR count). The Morgan fingerprint density at radius 1 is 0.259 bits per heavy atom. The molecule has 0 fully saturated rings. The second-order valence-electron chi connectivity index (χ2n) is 22.2. The van der Waals surface area contributed by atoms with Crippen LogP contribution in [0.15, 0.2) is 232 Å². The fourth-order valence-electron chi connectivity index (χ4n) is 15.6. The lowest BCUT2D eigenvalue weighted by atomic mass is 9.51. The van der Waals surface area contributed by atoms with Gasteiger partial charge in [0.25, 0.3) is 0 Å². The summed E-state index contributed by atoms with van der Waals surface area (Å²) < 4.78 is 16.3. The van der Waals surface area contributed by atoms with Gasteiger partial charge < -0.3 is 28.6 Å². The molecule has 11 aromatic rings. The van der Waals surface area contributed by atoms with Crippen molar-refractivity contribution in [2.75, 3.05) is 19.2 Å². The van der Waals surface area contributed by atoms with Gasteiger partial charge in [0.2, 0.25) is 0 Å². The predicted molar refractivity (Wildman–Crippen MR) is 345 cm³/mol. The van der Waals surface area contributed by atoms with E-state index in [1.807, 2.05) is 46.5 Å². The van der Waals surface area contributed by atoms with Crippen molar-refractivity contribution in [1.82, 2.24) is 0 Å². The van der Waals surface area contributed by atoms with Crippen LogP contribution in [0.4, 0.5) is 45.5 Å². The second kappa shape index (κ2) is 15.5. The summed E-state index contributed by atoms with van der Waals surface area (Å²) in [7, 11) is -0.777. The number of rotatable bonds is 4. The van der Waals surface area contributed by atoms with Crippen molar-refractivity contribution in [2.24, 2.45) is 0 Å². The lowest BCUT2D eigenvalue weighted by Crippen LogP contribution is -2.62. The van der Waals surface area contributed by atoms with E-state index >= 15 is 0 Å². The van der Waals surface area contributed by atoms with Gasteiger partial charge in [-0.1, -0.05) is 121 Å². The Morgan fingerprint density at radius 2 is 0.580 bits per heavy atom. The van der Waals surface area contributed by atoms with Crippen LogP contribution >= 0.6 is 46.5 Å². The lowest BCUT2D eigenvalue weighted by molar-refractivity contribution is 0.438. The largest absolute Gasteiger partial charge is 0.634 e. The van der Waals surface area contributed by atoms with E-state index in [9.17, 15) is 0 Å². The SMILES string of the molecule is c1ccc(N2B3Sc4cccc5c4-c4c3c(c3c6c4B(S5)N(c4ccccc4)c4cc5c7c(c4-6)B(O3)Oc3c4c6c8c(c3-7)B(Sc3cccc(c3-8)SB6N(c3ccccc3)c3ccccc3-4)N5c3ccccc3)-c3ccccc32)cc1. The van der Waals surface area contributed by atoms with Crippen molar-refractivity contribution in [2.45, 2.75) is 19.6 Å². The minimum Gasteiger partial charge on any atom is -0.521 e. The first kappa shape index (κ1) is 43.7. The molecule has 10 aliphatic rings. The molecule has 0 atom stereocenters. The van der Waals surface area contributed by atoms with E-state index in [2.05, 4.69) is 232 Å². The first-order valence-corrected chi connectivity index (χ1v) is 31.3. The van der Waals surface area contributed by atoms with Gasteiger partial charge in [-0.25, -0.2) is 0 Å². The summed E-state index contributed by atoms with van der Waals surface area (Å²) in [5.74, 6) is 1.86. The van der Waals surface area contributed by atoms with Crippen molar-refractivity contribution >= 4 is 151 Å². The summed E-state index contributed by atoms with van der Waals surface area (Å²) in [6, 6.07) is 79.2. The first-order chi connectivity index (χ1) is 40.2. The Bertz CT molecular complexity index is 4460. The predicted octanol–water partition coefficient (Wildman–Crippen LogP) is 14.0. The fraction of sp³-hybridized carbons (Fsp3) is 0. The molecule has 0 amide bonds. The van der Waals surface area contributed by atoms with Crippen LogP contribution in [0.2, 0.25) is 0 Å². The molecular formula is C66H35B5N4O2S4. The molecule has 0 spiro atoms. The molecule has 81 heavy (non-hydrogen) atoms. The van der Waals surface area contributed by atoms with Gasteiger partial charge in [0, 0.05) is 126 Å². The molecule has 0 saturated carbocycles.